The fourth-order valence-corrected chi connectivity index (χ4v) is 4.10. The molecule has 2 atom stereocenters. The van der Waals surface area contributed by atoms with Crippen LogP contribution in [0.2, 0.25) is 0 Å². The van der Waals surface area contributed by atoms with Gasteiger partial charge in [-0.3, -0.25) is 9.59 Å². The maximum Gasteiger partial charge on any atom is 0.407 e. The van der Waals surface area contributed by atoms with Gasteiger partial charge in [-0.05, 0) is 36.1 Å². The Bertz CT molecular complexity index is 1430. The summed E-state index contributed by atoms with van der Waals surface area (Å²) in [5, 5.41) is 13.8. The van der Waals surface area contributed by atoms with Gasteiger partial charge in [0.1, 0.15) is 6.61 Å². The Labute approximate surface area is 201 Å². The van der Waals surface area contributed by atoms with Gasteiger partial charge in [0.25, 0.3) is 5.56 Å². The first-order valence-electron chi connectivity index (χ1n) is 11.4. The molecular weight excluding hydrogens is 444 g/mol. The van der Waals surface area contributed by atoms with Gasteiger partial charge in [0.05, 0.1) is 11.1 Å². The number of aromatic nitrogens is 2. The third-order valence-corrected chi connectivity index (χ3v) is 6.08. The third-order valence-electron chi connectivity index (χ3n) is 6.08. The summed E-state index contributed by atoms with van der Waals surface area (Å²) in [6.45, 7) is 0.593. The van der Waals surface area contributed by atoms with E-state index in [1.165, 1.54) is 0 Å². The Balaban J connectivity index is 1.16. The highest BCUT2D eigenvalue weighted by Gasteiger charge is 2.43. The lowest BCUT2D eigenvalue weighted by Gasteiger charge is -2.09. The van der Waals surface area contributed by atoms with Crippen LogP contribution >= 0.6 is 0 Å². The molecule has 8 nitrogen and oxygen atoms in total. The van der Waals surface area contributed by atoms with Crippen LogP contribution in [0.25, 0.3) is 22.0 Å². The molecule has 176 valence electrons. The zero-order valence-corrected chi connectivity index (χ0v) is 18.9. The number of nitrogens with one attached hydrogen (secondary N) is 3. The third kappa shape index (κ3) is 5.22. The number of nitrogens with zero attached hydrogens (tertiary/aromatic N) is 1. The zero-order chi connectivity index (χ0) is 24.2. The van der Waals surface area contributed by atoms with E-state index in [1.54, 1.807) is 6.07 Å². The average Bonchev–Trinajstić information content (AvgIpc) is 3.67. The Hall–Kier alpha value is -4.46. The van der Waals surface area contributed by atoms with Gasteiger partial charge in [-0.1, -0.05) is 60.7 Å². The maximum atomic E-state index is 12.7. The molecule has 0 bridgehead atoms. The van der Waals surface area contributed by atoms with Gasteiger partial charge >= 0.3 is 6.09 Å². The number of hydrogen-bond donors (Lipinski definition) is 3. The summed E-state index contributed by atoms with van der Waals surface area (Å²) in [6.07, 6.45) is 0.213. The molecule has 3 aromatic carbocycles. The van der Waals surface area contributed by atoms with E-state index in [4.69, 9.17) is 4.74 Å². The van der Waals surface area contributed by atoms with Crippen molar-refractivity contribution < 1.29 is 14.3 Å². The minimum Gasteiger partial charge on any atom is -0.445 e. The molecule has 8 heteroatoms. The minimum absolute atomic E-state index is 0.0762. The highest BCUT2D eigenvalue weighted by molar-refractivity contribution is 5.97. The van der Waals surface area contributed by atoms with Gasteiger partial charge in [0.15, 0.2) is 0 Å². The molecule has 5 rings (SSSR count). The van der Waals surface area contributed by atoms with Crippen molar-refractivity contribution in [1.29, 1.82) is 0 Å². The van der Waals surface area contributed by atoms with E-state index < -0.39 is 6.09 Å². The molecule has 1 heterocycles. The van der Waals surface area contributed by atoms with Gasteiger partial charge < -0.3 is 15.4 Å². The largest absolute Gasteiger partial charge is 0.445 e. The normalized spacial score (nSPS) is 16.5. The highest BCUT2D eigenvalue weighted by Crippen LogP contribution is 2.39. The van der Waals surface area contributed by atoms with Gasteiger partial charge in [-0.25, -0.2) is 9.89 Å². The molecule has 1 fully saturated rings. The summed E-state index contributed by atoms with van der Waals surface area (Å²) in [4.78, 5) is 36.7. The summed E-state index contributed by atoms with van der Waals surface area (Å²) in [6, 6.07) is 24.1. The van der Waals surface area contributed by atoms with E-state index in [-0.39, 0.29) is 29.9 Å². The van der Waals surface area contributed by atoms with Crippen molar-refractivity contribution in [1.82, 2.24) is 15.5 Å². The molecule has 2 amide bonds. The minimum atomic E-state index is -0.492. The second-order valence-corrected chi connectivity index (χ2v) is 8.56. The van der Waals surface area contributed by atoms with E-state index in [1.807, 2.05) is 72.8 Å². The van der Waals surface area contributed by atoms with Crippen molar-refractivity contribution in [2.24, 2.45) is 11.8 Å². The molecule has 0 saturated heterocycles. The lowest BCUT2D eigenvalue weighted by molar-refractivity contribution is -0.117. The first kappa shape index (κ1) is 22.3. The van der Waals surface area contributed by atoms with Crippen LogP contribution in [-0.4, -0.2) is 28.7 Å². The van der Waals surface area contributed by atoms with Crippen molar-refractivity contribution in [3.8, 4) is 11.3 Å². The fourth-order valence-electron chi connectivity index (χ4n) is 4.10. The monoisotopic (exact) mass is 468 g/mol. The Morgan fingerprint density at radius 3 is 2.57 bits per heavy atom. The van der Waals surface area contributed by atoms with Gasteiger partial charge in [0, 0.05) is 29.1 Å². The molecule has 4 aromatic rings. The first-order valence-corrected chi connectivity index (χ1v) is 11.4. The Morgan fingerprint density at radius 1 is 0.971 bits per heavy atom. The van der Waals surface area contributed by atoms with Crippen molar-refractivity contribution in [2.45, 2.75) is 13.0 Å². The number of ether oxygens (including phenoxy) is 1. The second-order valence-electron chi connectivity index (χ2n) is 8.56. The van der Waals surface area contributed by atoms with Gasteiger partial charge in [-0.15, -0.1) is 0 Å². The van der Waals surface area contributed by atoms with Crippen LogP contribution in [0.5, 0.6) is 0 Å². The number of alkyl carbamates (subject to hydrolysis) is 1. The van der Waals surface area contributed by atoms with Crippen molar-refractivity contribution in [2.75, 3.05) is 11.9 Å². The van der Waals surface area contributed by atoms with Crippen molar-refractivity contribution in [3.63, 3.8) is 0 Å². The molecule has 1 aromatic heterocycles. The van der Waals surface area contributed by atoms with Crippen LogP contribution in [0.3, 0.4) is 0 Å². The Kier molecular flexibility index (Phi) is 6.26. The molecular formula is C27H24N4O4. The molecule has 0 spiro atoms. The number of hydrogen-bond acceptors (Lipinski definition) is 5. The van der Waals surface area contributed by atoms with Crippen molar-refractivity contribution >= 4 is 28.5 Å². The molecule has 0 aliphatic heterocycles. The number of fused-ring (bicyclic) bond motifs is 1. The van der Waals surface area contributed by atoms with E-state index in [2.05, 4.69) is 20.8 Å². The molecule has 1 aliphatic rings. The summed E-state index contributed by atoms with van der Waals surface area (Å²) >= 11 is 0. The maximum absolute atomic E-state index is 12.7. The number of anilines is 1. The van der Waals surface area contributed by atoms with E-state index in [0.29, 0.717) is 29.7 Å². The number of H-pyrrole nitrogens is 1. The van der Waals surface area contributed by atoms with Crippen LogP contribution < -0.4 is 16.2 Å². The quantitative estimate of drug-likeness (QED) is 0.378. The van der Waals surface area contributed by atoms with Gasteiger partial charge in [0.2, 0.25) is 5.91 Å². The molecule has 1 aliphatic carbocycles. The number of aromatic amines is 1. The van der Waals surface area contributed by atoms with Gasteiger partial charge in [-0.2, -0.15) is 5.10 Å². The summed E-state index contributed by atoms with van der Waals surface area (Å²) in [5.41, 5.74) is 2.74. The lowest BCUT2D eigenvalue weighted by atomic mass is 10.0. The summed E-state index contributed by atoms with van der Waals surface area (Å²) < 4.78 is 5.21. The van der Waals surface area contributed by atoms with Crippen LogP contribution in [0, 0.1) is 11.8 Å². The molecule has 35 heavy (non-hydrogen) atoms. The average molecular weight is 469 g/mol. The van der Waals surface area contributed by atoms with Crippen LogP contribution in [0.1, 0.15) is 12.0 Å². The first-order chi connectivity index (χ1) is 17.1. The van der Waals surface area contributed by atoms with Crippen molar-refractivity contribution in [3.05, 3.63) is 94.8 Å². The topological polar surface area (TPSA) is 113 Å². The summed E-state index contributed by atoms with van der Waals surface area (Å²) in [7, 11) is 0. The Morgan fingerprint density at radius 2 is 1.74 bits per heavy atom. The smallest absolute Gasteiger partial charge is 0.407 e. The number of carbonyl (C=O) groups excluding carboxylic acids is 2. The summed E-state index contributed by atoms with van der Waals surface area (Å²) in [5.74, 6) is -0.182. The van der Waals surface area contributed by atoms with E-state index >= 15 is 0 Å². The SMILES string of the molecule is O=C(NCC1CC1C(=O)Nc1cccc(-c2n[nH]c(=O)c3ccccc23)c1)OCc1ccccc1. The fraction of sp³-hybridized carbons (Fsp3) is 0.185. The second kappa shape index (κ2) is 9.80. The molecule has 0 radical (unpaired) electrons. The standard InChI is InChI=1S/C27H24N4O4/c32-25(23-14-19(23)15-28-27(34)35-16-17-7-2-1-3-8-17)29-20-10-6-9-18(13-20)24-21-11-4-5-12-22(21)26(33)31-30-24/h1-13,19,23H,14-16H2,(H,28,34)(H,29,32)(H,31,33). The molecule has 1 saturated carbocycles. The predicted molar refractivity (Wildman–Crippen MR) is 133 cm³/mol. The van der Waals surface area contributed by atoms with Crippen LogP contribution in [0.4, 0.5) is 10.5 Å². The van der Waals surface area contributed by atoms with Crippen LogP contribution in [-0.2, 0) is 16.1 Å². The lowest BCUT2D eigenvalue weighted by Crippen LogP contribution is -2.27. The highest BCUT2D eigenvalue weighted by atomic mass is 16.5. The number of benzene rings is 3. The van der Waals surface area contributed by atoms with E-state index in [9.17, 15) is 14.4 Å². The van der Waals surface area contributed by atoms with Crippen LogP contribution in [0.15, 0.2) is 83.7 Å². The molecule has 3 N–H and O–H groups in total. The zero-order valence-electron chi connectivity index (χ0n) is 18.9. The predicted octanol–water partition coefficient (Wildman–Crippen LogP) is 4.09. The molecule has 2 unspecified atom stereocenters. The number of rotatable bonds is 7. The number of amides is 2. The van der Waals surface area contributed by atoms with E-state index in [0.717, 1.165) is 16.5 Å². The number of carbonyl (C=O) groups is 2.